The Morgan fingerprint density at radius 1 is 1.40 bits per heavy atom. The number of carbonyl (C=O) groups excluding carboxylic acids is 1. The van der Waals surface area contributed by atoms with Crippen LogP contribution >= 0.6 is 0 Å². The molecule has 5 nitrogen and oxygen atoms in total. The smallest absolute Gasteiger partial charge is 0.223 e. The van der Waals surface area contributed by atoms with Crippen molar-refractivity contribution in [3.05, 3.63) is 0 Å². The number of hydrogen-bond acceptors (Lipinski definition) is 4. The highest BCUT2D eigenvalue weighted by atomic mass is 32.2. The molecule has 2 unspecified atom stereocenters. The maximum Gasteiger partial charge on any atom is 0.223 e. The topological polar surface area (TPSA) is 80.5 Å². The van der Waals surface area contributed by atoms with E-state index in [0.717, 1.165) is 12.8 Å². The summed E-state index contributed by atoms with van der Waals surface area (Å²) in [5.41, 5.74) is 5.73. The first kappa shape index (κ1) is 17.4. The van der Waals surface area contributed by atoms with Crippen LogP contribution in [0.5, 0.6) is 0 Å². The molecule has 0 saturated carbocycles. The van der Waals surface area contributed by atoms with Crippen molar-refractivity contribution in [1.29, 1.82) is 0 Å². The molecule has 1 aliphatic heterocycles. The molecule has 1 saturated heterocycles. The van der Waals surface area contributed by atoms with E-state index >= 15 is 0 Å². The number of amides is 1. The van der Waals surface area contributed by atoms with Crippen molar-refractivity contribution < 1.29 is 13.2 Å². The van der Waals surface area contributed by atoms with Crippen LogP contribution in [0.1, 0.15) is 40.0 Å². The molecule has 6 heteroatoms. The predicted octanol–water partition coefficient (Wildman–Crippen LogP) is 1.03. The lowest BCUT2D eigenvalue weighted by molar-refractivity contribution is -0.134. The molecule has 2 N–H and O–H groups in total. The average Bonchev–Trinajstić information content (AvgIpc) is 2.34. The van der Waals surface area contributed by atoms with Gasteiger partial charge in [-0.15, -0.1) is 0 Å². The van der Waals surface area contributed by atoms with Crippen molar-refractivity contribution >= 4 is 15.7 Å². The molecule has 0 radical (unpaired) electrons. The highest BCUT2D eigenvalue weighted by Gasteiger charge is 2.29. The van der Waals surface area contributed by atoms with E-state index in [9.17, 15) is 13.2 Å². The third-order valence-corrected chi connectivity index (χ3v) is 5.79. The zero-order chi connectivity index (χ0) is 15.3. The minimum Gasteiger partial charge on any atom is -0.338 e. The van der Waals surface area contributed by atoms with Gasteiger partial charge in [-0.05, 0) is 24.7 Å². The Hall–Kier alpha value is -0.620. The van der Waals surface area contributed by atoms with Crippen molar-refractivity contribution in [3.8, 4) is 0 Å². The standard InChI is InChI=1S/C14H28N2O3S/c1-11(2)10-20(18,19)7-5-14(17)16-6-4-12(3)8-13(16)9-15/h11-13H,4-10,15H2,1-3H3. The van der Waals surface area contributed by atoms with Crippen LogP contribution in [0, 0.1) is 11.8 Å². The monoisotopic (exact) mass is 304 g/mol. The molecule has 118 valence electrons. The Labute approximate surface area is 122 Å². The van der Waals surface area contributed by atoms with Gasteiger partial charge in [0.25, 0.3) is 0 Å². The Morgan fingerprint density at radius 3 is 2.60 bits per heavy atom. The summed E-state index contributed by atoms with van der Waals surface area (Å²) in [4.78, 5) is 14.0. The van der Waals surface area contributed by atoms with Crippen LogP contribution in [0.4, 0.5) is 0 Å². The van der Waals surface area contributed by atoms with Crippen LogP contribution in [-0.2, 0) is 14.6 Å². The Bertz CT molecular complexity index is 420. The van der Waals surface area contributed by atoms with Gasteiger partial charge in [0.15, 0.2) is 9.84 Å². The van der Waals surface area contributed by atoms with Crippen molar-refractivity contribution in [2.75, 3.05) is 24.6 Å². The number of piperidine rings is 1. The first-order valence-electron chi connectivity index (χ1n) is 7.45. The average molecular weight is 304 g/mol. The predicted molar refractivity (Wildman–Crippen MR) is 81.1 cm³/mol. The Morgan fingerprint density at radius 2 is 2.05 bits per heavy atom. The van der Waals surface area contributed by atoms with E-state index in [1.54, 1.807) is 4.90 Å². The summed E-state index contributed by atoms with van der Waals surface area (Å²) in [5.74, 6) is 0.713. The number of hydrogen-bond donors (Lipinski definition) is 1. The quantitative estimate of drug-likeness (QED) is 0.795. The molecule has 0 aromatic carbocycles. The molecule has 0 aromatic heterocycles. The van der Waals surface area contributed by atoms with Gasteiger partial charge in [0.05, 0.1) is 11.5 Å². The summed E-state index contributed by atoms with van der Waals surface area (Å²) >= 11 is 0. The van der Waals surface area contributed by atoms with E-state index in [2.05, 4.69) is 6.92 Å². The second-order valence-corrected chi connectivity index (χ2v) is 8.59. The fraction of sp³-hybridized carbons (Fsp3) is 0.929. The van der Waals surface area contributed by atoms with E-state index in [0.29, 0.717) is 19.0 Å². The SMILES string of the molecule is CC(C)CS(=O)(=O)CCC(=O)N1CCC(C)CC1CN. The molecule has 1 heterocycles. The van der Waals surface area contributed by atoms with E-state index < -0.39 is 9.84 Å². The minimum absolute atomic E-state index is 0.0483. The molecule has 1 rings (SSSR count). The first-order chi connectivity index (χ1) is 9.25. The summed E-state index contributed by atoms with van der Waals surface area (Å²) in [6, 6.07) is 0.0686. The third-order valence-electron chi connectivity index (χ3n) is 3.78. The normalized spacial score (nSPS) is 24.1. The summed E-state index contributed by atoms with van der Waals surface area (Å²) in [7, 11) is -3.13. The lowest BCUT2D eigenvalue weighted by Crippen LogP contribution is -2.49. The molecule has 1 fully saturated rings. The number of likely N-dealkylation sites (tertiary alicyclic amines) is 1. The molecular weight excluding hydrogens is 276 g/mol. The van der Waals surface area contributed by atoms with Gasteiger partial charge in [-0.25, -0.2) is 8.42 Å². The maximum absolute atomic E-state index is 12.2. The molecule has 1 amide bonds. The van der Waals surface area contributed by atoms with E-state index in [1.165, 1.54) is 0 Å². The van der Waals surface area contributed by atoms with Crippen molar-refractivity contribution in [1.82, 2.24) is 4.90 Å². The lowest BCUT2D eigenvalue weighted by atomic mass is 9.92. The molecule has 1 aliphatic rings. The number of carbonyl (C=O) groups is 1. The zero-order valence-corrected chi connectivity index (χ0v) is 13.7. The molecule has 0 aromatic rings. The van der Waals surface area contributed by atoms with Crippen LogP contribution in [0.15, 0.2) is 0 Å². The highest BCUT2D eigenvalue weighted by Crippen LogP contribution is 2.22. The number of nitrogens with zero attached hydrogens (tertiary/aromatic N) is 1. The second kappa shape index (κ2) is 7.41. The van der Waals surface area contributed by atoms with Crippen LogP contribution in [0.3, 0.4) is 0 Å². The van der Waals surface area contributed by atoms with Gasteiger partial charge in [-0.1, -0.05) is 20.8 Å². The fourth-order valence-corrected chi connectivity index (χ4v) is 4.45. The number of sulfone groups is 1. The van der Waals surface area contributed by atoms with Crippen LogP contribution in [0.2, 0.25) is 0 Å². The van der Waals surface area contributed by atoms with E-state index in [4.69, 9.17) is 5.73 Å². The van der Waals surface area contributed by atoms with Crippen LogP contribution in [-0.4, -0.2) is 49.9 Å². The van der Waals surface area contributed by atoms with E-state index in [1.807, 2.05) is 13.8 Å². The van der Waals surface area contributed by atoms with Crippen LogP contribution in [0.25, 0.3) is 0 Å². The van der Waals surface area contributed by atoms with Gasteiger partial charge in [0.2, 0.25) is 5.91 Å². The third kappa shape index (κ3) is 5.40. The summed E-state index contributed by atoms with van der Waals surface area (Å²) in [6.45, 7) is 7.06. The van der Waals surface area contributed by atoms with Gasteiger partial charge in [0.1, 0.15) is 0 Å². The van der Waals surface area contributed by atoms with Gasteiger partial charge >= 0.3 is 0 Å². The summed E-state index contributed by atoms with van der Waals surface area (Å²) < 4.78 is 23.7. The van der Waals surface area contributed by atoms with Gasteiger partial charge in [-0.2, -0.15) is 0 Å². The van der Waals surface area contributed by atoms with Crippen molar-refractivity contribution in [3.63, 3.8) is 0 Å². The fourth-order valence-electron chi connectivity index (χ4n) is 2.78. The zero-order valence-electron chi connectivity index (χ0n) is 12.8. The van der Waals surface area contributed by atoms with Crippen molar-refractivity contribution in [2.24, 2.45) is 17.6 Å². The lowest BCUT2D eigenvalue weighted by Gasteiger charge is -2.38. The largest absolute Gasteiger partial charge is 0.338 e. The molecule has 0 aliphatic carbocycles. The summed E-state index contributed by atoms with van der Waals surface area (Å²) in [6.07, 6.45) is 1.97. The number of nitrogens with two attached hydrogens (primary N) is 1. The van der Waals surface area contributed by atoms with Gasteiger partial charge in [-0.3, -0.25) is 4.79 Å². The molecule has 20 heavy (non-hydrogen) atoms. The molecule has 0 spiro atoms. The molecule has 0 bridgehead atoms. The van der Waals surface area contributed by atoms with E-state index in [-0.39, 0.29) is 35.8 Å². The molecular formula is C14H28N2O3S. The maximum atomic E-state index is 12.2. The van der Waals surface area contributed by atoms with Gasteiger partial charge < -0.3 is 10.6 Å². The second-order valence-electron chi connectivity index (χ2n) is 6.36. The van der Waals surface area contributed by atoms with Crippen LogP contribution < -0.4 is 5.73 Å². The molecule has 2 atom stereocenters. The minimum atomic E-state index is -3.13. The van der Waals surface area contributed by atoms with Gasteiger partial charge in [0, 0.05) is 25.6 Å². The Balaban J connectivity index is 2.54. The van der Waals surface area contributed by atoms with Crippen molar-refractivity contribution in [2.45, 2.75) is 46.1 Å². The summed E-state index contributed by atoms with van der Waals surface area (Å²) in [5, 5.41) is 0. The highest BCUT2D eigenvalue weighted by molar-refractivity contribution is 7.91. The number of rotatable bonds is 6. The Kier molecular flexibility index (Phi) is 6.45. The first-order valence-corrected chi connectivity index (χ1v) is 9.27.